The summed E-state index contributed by atoms with van der Waals surface area (Å²) in [6.07, 6.45) is 0. The van der Waals surface area contributed by atoms with Crippen LogP contribution >= 0.6 is 12.2 Å². The summed E-state index contributed by atoms with van der Waals surface area (Å²) >= 11 is 5.25. The minimum absolute atomic E-state index is 0.209. The first-order valence-corrected chi connectivity index (χ1v) is 6.96. The number of benzene rings is 2. The van der Waals surface area contributed by atoms with Gasteiger partial charge in [0.15, 0.2) is 5.11 Å². The first-order chi connectivity index (χ1) is 10.5. The number of aryl methyl sites for hydroxylation is 1. The van der Waals surface area contributed by atoms with E-state index in [0.717, 1.165) is 17.0 Å². The van der Waals surface area contributed by atoms with E-state index in [0.29, 0.717) is 10.8 Å². The third-order valence-corrected chi connectivity index (χ3v) is 3.28. The average Bonchev–Trinajstić information content (AvgIpc) is 2.50. The third kappa shape index (κ3) is 3.95. The highest BCUT2D eigenvalue weighted by molar-refractivity contribution is 7.80. The molecule has 0 unspecified atom stereocenters. The largest absolute Gasteiger partial charge is 0.497 e. The Kier molecular flexibility index (Phi) is 4.95. The predicted molar refractivity (Wildman–Crippen MR) is 91.0 cm³/mol. The van der Waals surface area contributed by atoms with E-state index in [1.54, 1.807) is 25.3 Å². The molecule has 114 valence electrons. The summed E-state index contributed by atoms with van der Waals surface area (Å²) < 4.78 is 5.09. The maximum atomic E-state index is 11.0. The minimum atomic E-state index is -0.975. The normalized spacial score (nSPS) is 9.91. The van der Waals surface area contributed by atoms with Crippen molar-refractivity contribution in [3.8, 4) is 5.75 Å². The third-order valence-electron chi connectivity index (χ3n) is 3.08. The molecule has 6 heteroatoms. The Hall–Kier alpha value is -2.60. The summed E-state index contributed by atoms with van der Waals surface area (Å²) in [5, 5.41) is 15.5. The molecule has 0 heterocycles. The van der Waals surface area contributed by atoms with Crippen molar-refractivity contribution >= 4 is 34.7 Å². The lowest BCUT2D eigenvalue weighted by Gasteiger charge is -2.13. The zero-order valence-corrected chi connectivity index (χ0v) is 13.0. The molecule has 0 amide bonds. The number of carbonyl (C=O) groups is 1. The number of carboxylic acid groups (broad SMARTS) is 1. The molecule has 0 radical (unpaired) electrons. The molecule has 0 fully saturated rings. The van der Waals surface area contributed by atoms with Crippen LogP contribution in [0, 0.1) is 6.92 Å². The standard InChI is InChI=1S/C16H16N2O3S/c1-10-3-4-11(15(19)20)9-14(10)18-16(22)17-12-5-7-13(21-2)8-6-12/h3-9H,1-2H3,(H,19,20)(H2,17,18,22). The molecule has 0 bridgehead atoms. The number of rotatable bonds is 4. The van der Waals surface area contributed by atoms with Crippen molar-refractivity contribution in [2.75, 3.05) is 17.7 Å². The van der Waals surface area contributed by atoms with Gasteiger partial charge in [-0.3, -0.25) is 0 Å². The monoisotopic (exact) mass is 316 g/mol. The summed E-state index contributed by atoms with van der Waals surface area (Å²) in [6, 6.07) is 12.2. The lowest BCUT2D eigenvalue weighted by molar-refractivity contribution is 0.0697. The first-order valence-electron chi connectivity index (χ1n) is 6.55. The van der Waals surface area contributed by atoms with E-state index in [9.17, 15) is 4.79 Å². The number of aromatic carboxylic acids is 1. The van der Waals surface area contributed by atoms with Gasteiger partial charge in [-0.25, -0.2) is 4.79 Å². The lowest BCUT2D eigenvalue weighted by Crippen LogP contribution is -2.19. The molecule has 0 saturated carbocycles. The smallest absolute Gasteiger partial charge is 0.335 e. The highest BCUT2D eigenvalue weighted by Crippen LogP contribution is 2.19. The number of thiocarbonyl (C=S) groups is 1. The number of hydrogen-bond donors (Lipinski definition) is 3. The number of nitrogens with one attached hydrogen (secondary N) is 2. The van der Waals surface area contributed by atoms with Crippen LogP contribution in [0.4, 0.5) is 11.4 Å². The van der Waals surface area contributed by atoms with Crippen LogP contribution in [-0.2, 0) is 0 Å². The van der Waals surface area contributed by atoms with Gasteiger partial charge in [0.1, 0.15) is 5.75 Å². The number of methoxy groups -OCH3 is 1. The van der Waals surface area contributed by atoms with Crippen molar-refractivity contribution in [3.63, 3.8) is 0 Å². The van der Waals surface area contributed by atoms with Crippen LogP contribution < -0.4 is 15.4 Å². The van der Waals surface area contributed by atoms with E-state index in [2.05, 4.69) is 10.6 Å². The van der Waals surface area contributed by atoms with Gasteiger partial charge in [-0.05, 0) is 61.1 Å². The number of ether oxygens (including phenoxy) is 1. The zero-order chi connectivity index (χ0) is 16.1. The Labute approximate surface area is 133 Å². The molecule has 0 spiro atoms. The van der Waals surface area contributed by atoms with Crippen LogP contribution in [0.5, 0.6) is 5.75 Å². The Morgan fingerprint density at radius 2 is 1.82 bits per heavy atom. The topological polar surface area (TPSA) is 70.6 Å². The molecule has 22 heavy (non-hydrogen) atoms. The number of anilines is 2. The second kappa shape index (κ2) is 6.91. The molecule has 0 aliphatic carbocycles. The van der Waals surface area contributed by atoms with Gasteiger partial charge in [-0.2, -0.15) is 0 Å². The summed E-state index contributed by atoms with van der Waals surface area (Å²) in [5.74, 6) is -0.216. The fraction of sp³-hybridized carbons (Fsp3) is 0.125. The second-order valence-corrected chi connectivity index (χ2v) is 5.05. The van der Waals surface area contributed by atoms with Crippen molar-refractivity contribution in [1.82, 2.24) is 0 Å². The van der Waals surface area contributed by atoms with E-state index in [-0.39, 0.29) is 5.56 Å². The van der Waals surface area contributed by atoms with E-state index >= 15 is 0 Å². The van der Waals surface area contributed by atoms with Gasteiger partial charge in [0.05, 0.1) is 12.7 Å². The number of carboxylic acids is 1. The van der Waals surface area contributed by atoms with Crippen LogP contribution in [0.2, 0.25) is 0 Å². The molecule has 5 nitrogen and oxygen atoms in total. The molecule has 0 aliphatic heterocycles. The fourth-order valence-electron chi connectivity index (χ4n) is 1.85. The minimum Gasteiger partial charge on any atom is -0.497 e. The van der Waals surface area contributed by atoms with Gasteiger partial charge in [0.25, 0.3) is 0 Å². The van der Waals surface area contributed by atoms with Crippen molar-refractivity contribution < 1.29 is 14.6 Å². The summed E-state index contributed by atoms with van der Waals surface area (Å²) in [5.41, 5.74) is 2.58. The SMILES string of the molecule is COc1ccc(NC(=S)Nc2cc(C(=O)O)ccc2C)cc1. The van der Waals surface area contributed by atoms with Gasteiger partial charge >= 0.3 is 5.97 Å². The predicted octanol–water partition coefficient (Wildman–Crippen LogP) is 3.51. The second-order valence-electron chi connectivity index (χ2n) is 4.64. The Morgan fingerprint density at radius 3 is 2.41 bits per heavy atom. The maximum absolute atomic E-state index is 11.0. The van der Waals surface area contributed by atoms with Gasteiger partial charge < -0.3 is 20.5 Å². The highest BCUT2D eigenvalue weighted by Gasteiger charge is 2.07. The Morgan fingerprint density at radius 1 is 1.14 bits per heavy atom. The Bertz CT molecular complexity index is 699. The van der Waals surface area contributed by atoms with Crippen LogP contribution in [0.15, 0.2) is 42.5 Å². The first kappa shape index (κ1) is 15.8. The quantitative estimate of drug-likeness (QED) is 0.750. The molecular formula is C16H16N2O3S. The lowest BCUT2D eigenvalue weighted by atomic mass is 10.1. The van der Waals surface area contributed by atoms with Crippen molar-refractivity contribution in [2.24, 2.45) is 0 Å². The molecule has 0 saturated heterocycles. The zero-order valence-electron chi connectivity index (χ0n) is 12.2. The molecule has 2 aromatic carbocycles. The van der Waals surface area contributed by atoms with Crippen molar-refractivity contribution in [1.29, 1.82) is 0 Å². The summed E-state index contributed by atoms with van der Waals surface area (Å²) in [4.78, 5) is 11.0. The highest BCUT2D eigenvalue weighted by atomic mass is 32.1. The molecule has 2 rings (SSSR count). The molecule has 0 aromatic heterocycles. The van der Waals surface area contributed by atoms with E-state index in [1.807, 2.05) is 31.2 Å². The van der Waals surface area contributed by atoms with Gasteiger partial charge in [-0.1, -0.05) is 6.07 Å². The molecular weight excluding hydrogens is 300 g/mol. The Balaban J connectivity index is 2.08. The molecule has 0 aliphatic rings. The van der Waals surface area contributed by atoms with Gasteiger partial charge in [0.2, 0.25) is 0 Å². The van der Waals surface area contributed by atoms with Crippen LogP contribution in [-0.4, -0.2) is 23.3 Å². The summed E-state index contributed by atoms with van der Waals surface area (Å²) in [6.45, 7) is 1.88. The van der Waals surface area contributed by atoms with Crippen LogP contribution in [0.1, 0.15) is 15.9 Å². The molecule has 0 atom stereocenters. The van der Waals surface area contributed by atoms with Gasteiger partial charge in [0, 0.05) is 11.4 Å². The van der Waals surface area contributed by atoms with E-state index in [4.69, 9.17) is 22.1 Å². The van der Waals surface area contributed by atoms with Crippen molar-refractivity contribution in [3.05, 3.63) is 53.6 Å². The maximum Gasteiger partial charge on any atom is 0.335 e. The average molecular weight is 316 g/mol. The van der Waals surface area contributed by atoms with Crippen molar-refractivity contribution in [2.45, 2.75) is 6.92 Å². The van der Waals surface area contributed by atoms with E-state index < -0.39 is 5.97 Å². The van der Waals surface area contributed by atoms with E-state index in [1.165, 1.54) is 0 Å². The number of hydrogen-bond acceptors (Lipinski definition) is 3. The van der Waals surface area contributed by atoms with Crippen LogP contribution in [0.25, 0.3) is 0 Å². The fourth-order valence-corrected chi connectivity index (χ4v) is 2.08. The van der Waals surface area contributed by atoms with Gasteiger partial charge in [-0.15, -0.1) is 0 Å². The molecule has 3 N–H and O–H groups in total. The molecule has 2 aromatic rings. The summed E-state index contributed by atoms with van der Waals surface area (Å²) in [7, 11) is 1.60. The van der Waals surface area contributed by atoms with Crippen LogP contribution in [0.3, 0.4) is 0 Å².